The van der Waals surface area contributed by atoms with Crippen LogP contribution in [0.5, 0.6) is 5.75 Å². The van der Waals surface area contributed by atoms with Crippen molar-refractivity contribution in [3.8, 4) is 5.75 Å². The summed E-state index contributed by atoms with van der Waals surface area (Å²) in [5.74, 6) is -3.35. The lowest BCUT2D eigenvalue weighted by Crippen LogP contribution is -2.57. The van der Waals surface area contributed by atoms with Crippen molar-refractivity contribution in [1.82, 2.24) is 20.9 Å². The molecule has 0 bridgehead atoms. The number of nitrogens with zero attached hydrogens (tertiary/aromatic N) is 1. The first-order chi connectivity index (χ1) is 23.3. The molecule has 0 spiro atoms. The van der Waals surface area contributed by atoms with E-state index in [9.17, 15) is 31.9 Å². The number of benzene rings is 2. The molecule has 0 radical (unpaired) electrons. The third-order valence-corrected chi connectivity index (χ3v) is 8.40. The maximum atomic E-state index is 15.1. The van der Waals surface area contributed by atoms with Crippen LogP contribution in [-0.4, -0.2) is 55.1 Å². The summed E-state index contributed by atoms with van der Waals surface area (Å²) in [5.41, 5.74) is -1.25. The number of esters is 1. The van der Waals surface area contributed by atoms with Crippen LogP contribution in [0.4, 0.5) is 26.7 Å². The molecule has 0 saturated heterocycles. The number of rotatable bonds is 14. The van der Waals surface area contributed by atoms with Gasteiger partial charge in [-0.2, -0.15) is 17.6 Å². The second kappa shape index (κ2) is 16.8. The lowest BCUT2D eigenvalue weighted by atomic mass is 9.80. The van der Waals surface area contributed by atoms with Crippen molar-refractivity contribution >= 4 is 29.5 Å². The highest BCUT2D eigenvalue weighted by Crippen LogP contribution is 2.37. The molecule has 1 aliphatic carbocycles. The molecule has 3 amide bonds. The summed E-state index contributed by atoms with van der Waals surface area (Å²) in [6, 6.07) is 12.5. The molecular formula is C34H36ClF5N4O5. The minimum absolute atomic E-state index is 0.108. The number of aromatic nitrogens is 1. The number of carbonyl (C=O) groups excluding carboxylic acids is 3. The number of hydrogen-bond donors (Lipinski definition) is 3. The van der Waals surface area contributed by atoms with Gasteiger partial charge in [0.15, 0.2) is 0 Å². The van der Waals surface area contributed by atoms with Gasteiger partial charge in [-0.05, 0) is 54.7 Å². The van der Waals surface area contributed by atoms with Gasteiger partial charge in [-0.3, -0.25) is 14.6 Å². The molecule has 1 aliphatic rings. The summed E-state index contributed by atoms with van der Waals surface area (Å²) in [6.45, 7) is 0.223. The number of methoxy groups -OCH3 is 1. The second-order valence-electron chi connectivity index (χ2n) is 11.6. The number of urea groups is 1. The van der Waals surface area contributed by atoms with Gasteiger partial charge >= 0.3 is 24.5 Å². The van der Waals surface area contributed by atoms with E-state index < -0.39 is 53.6 Å². The van der Waals surface area contributed by atoms with Crippen molar-refractivity contribution < 1.29 is 45.8 Å². The van der Waals surface area contributed by atoms with E-state index in [1.807, 2.05) is 0 Å². The van der Waals surface area contributed by atoms with E-state index in [2.05, 4.69) is 30.4 Å². The smallest absolute Gasteiger partial charge is 0.461 e. The quantitative estimate of drug-likeness (QED) is 0.0996. The van der Waals surface area contributed by atoms with Gasteiger partial charge < -0.3 is 25.4 Å². The van der Waals surface area contributed by atoms with Gasteiger partial charge in [0.1, 0.15) is 17.1 Å². The second-order valence-corrected chi connectivity index (χ2v) is 12.1. The Morgan fingerprint density at radius 3 is 2.45 bits per heavy atom. The normalized spacial score (nSPS) is 17.5. The standard InChI is InChI=1S/C34H36ClF5N4O5/c1-48-29(45)12-7-15-41-30(46)26-10-5-6-11-27(26)43-32(47)44-33(19-21-8-3-2-4-9-21,28-14-13-23(35)20-42-28)22-16-24(36)18-25(17-22)49-34(39,40)31(37)38/h2-4,8-9,13-14,16-18,20,26-27,31H,5-7,10-12,15,19H2,1H3,(H,41,46)(H2,43,44,47)/t26-,27+,33-/m0/s1. The minimum atomic E-state index is -4.94. The van der Waals surface area contributed by atoms with Gasteiger partial charge in [-0.15, -0.1) is 0 Å². The summed E-state index contributed by atoms with van der Waals surface area (Å²) in [6.07, 6.45) is -5.10. The van der Waals surface area contributed by atoms with Crippen LogP contribution in [0.3, 0.4) is 0 Å². The number of carbonyl (C=O) groups is 3. The van der Waals surface area contributed by atoms with Crippen LogP contribution in [0.25, 0.3) is 0 Å². The Morgan fingerprint density at radius 2 is 1.78 bits per heavy atom. The summed E-state index contributed by atoms with van der Waals surface area (Å²) < 4.78 is 78.0. The molecule has 0 aliphatic heterocycles. The SMILES string of the molecule is COC(=O)CCCNC(=O)[C@H]1CCCC[C@H]1NC(=O)N[C@@](Cc1ccccc1)(c1cc(F)cc(OC(F)(F)C(F)F)c1)c1ccc(Cl)cn1. The van der Waals surface area contributed by atoms with Crippen LogP contribution < -0.4 is 20.7 Å². The molecule has 9 nitrogen and oxygen atoms in total. The number of pyridine rings is 1. The van der Waals surface area contributed by atoms with Crippen LogP contribution >= 0.6 is 11.6 Å². The van der Waals surface area contributed by atoms with E-state index in [1.165, 1.54) is 25.4 Å². The summed E-state index contributed by atoms with van der Waals surface area (Å²) in [4.78, 5) is 42.9. The van der Waals surface area contributed by atoms with E-state index in [0.29, 0.717) is 37.3 Å². The highest BCUT2D eigenvalue weighted by Gasteiger charge is 2.45. The van der Waals surface area contributed by atoms with Crippen LogP contribution in [-0.2, 0) is 26.3 Å². The fourth-order valence-electron chi connectivity index (χ4n) is 5.81. The monoisotopic (exact) mass is 710 g/mol. The average molecular weight is 711 g/mol. The van der Waals surface area contributed by atoms with E-state index in [1.54, 1.807) is 30.3 Å². The Balaban J connectivity index is 1.71. The molecule has 3 atom stereocenters. The lowest BCUT2D eigenvalue weighted by Gasteiger charge is -2.37. The Hall–Kier alpha value is -4.46. The van der Waals surface area contributed by atoms with Crippen LogP contribution in [0.1, 0.15) is 55.3 Å². The van der Waals surface area contributed by atoms with Crippen molar-refractivity contribution in [3.05, 3.63) is 94.5 Å². The minimum Gasteiger partial charge on any atom is -0.469 e. The summed E-state index contributed by atoms with van der Waals surface area (Å²) in [7, 11) is 1.27. The summed E-state index contributed by atoms with van der Waals surface area (Å²) >= 11 is 6.11. The highest BCUT2D eigenvalue weighted by molar-refractivity contribution is 6.30. The molecule has 1 fully saturated rings. The van der Waals surface area contributed by atoms with Gasteiger partial charge in [0, 0.05) is 37.7 Å². The lowest BCUT2D eigenvalue weighted by molar-refractivity contribution is -0.253. The predicted octanol–water partition coefficient (Wildman–Crippen LogP) is 6.52. The maximum absolute atomic E-state index is 15.1. The zero-order chi connectivity index (χ0) is 35.6. The number of hydrogen-bond acceptors (Lipinski definition) is 6. The Kier molecular flexibility index (Phi) is 12.8. The van der Waals surface area contributed by atoms with E-state index in [0.717, 1.165) is 18.6 Å². The van der Waals surface area contributed by atoms with Crippen molar-refractivity contribution in [3.63, 3.8) is 0 Å². The van der Waals surface area contributed by atoms with Crippen LogP contribution in [0.2, 0.25) is 5.02 Å². The molecule has 264 valence electrons. The highest BCUT2D eigenvalue weighted by atomic mass is 35.5. The Morgan fingerprint density at radius 1 is 1.04 bits per heavy atom. The van der Waals surface area contributed by atoms with Gasteiger partial charge in [0.2, 0.25) is 5.91 Å². The van der Waals surface area contributed by atoms with Gasteiger partial charge in [-0.1, -0.05) is 54.8 Å². The van der Waals surface area contributed by atoms with Gasteiger partial charge in [0.05, 0.1) is 23.7 Å². The number of alkyl halides is 4. The fourth-order valence-corrected chi connectivity index (χ4v) is 5.93. The first-order valence-corrected chi connectivity index (χ1v) is 16.0. The Bertz CT molecular complexity index is 1580. The number of halogens is 6. The maximum Gasteiger partial charge on any atom is 0.461 e. The molecule has 0 unspecified atom stereocenters. The van der Waals surface area contributed by atoms with Crippen molar-refractivity contribution in [2.75, 3.05) is 13.7 Å². The summed E-state index contributed by atoms with van der Waals surface area (Å²) in [5, 5.41) is 8.74. The number of amides is 3. The molecular weight excluding hydrogens is 675 g/mol. The van der Waals surface area contributed by atoms with Crippen molar-refractivity contribution in [2.45, 2.75) is 69.1 Å². The predicted molar refractivity (Wildman–Crippen MR) is 170 cm³/mol. The molecule has 1 heterocycles. The fraction of sp³-hybridized carbons (Fsp3) is 0.412. The van der Waals surface area contributed by atoms with E-state index >= 15 is 4.39 Å². The molecule has 2 aromatic carbocycles. The molecule has 3 aromatic rings. The molecule has 3 N–H and O–H groups in total. The van der Waals surface area contributed by atoms with Crippen molar-refractivity contribution in [1.29, 1.82) is 0 Å². The zero-order valence-electron chi connectivity index (χ0n) is 26.5. The molecule has 49 heavy (non-hydrogen) atoms. The van der Waals surface area contributed by atoms with E-state index in [4.69, 9.17) is 11.6 Å². The first kappa shape index (κ1) is 37.4. The molecule has 1 saturated carbocycles. The van der Waals surface area contributed by atoms with Crippen LogP contribution in [0.15, 0.2) is 66.9 Å². The topological polar surface area (TPSA) is 119 Å². The van der Waals surface area contributed by atoms with Crippen molar-refractivity contribution in [2.24, 2.45) is 5.92 Å². The number of nitrogens with one attached hydrogen (secondary N) is 3. The van der Waals surface area contributed by atoms with Gasteiger partial charge in [0.25, 0.3) is 0 Å². The zero-order valence-corrected chi connectivity index (χ0v) is 27.3. The van der Waals surface area contributed by atoms with Crippen LogP contribution in [0, 0.1) is 11.7 Å². The number of ether oxygens (including phenoxy) is 2. The molecule has 4 rings (SSSR count). The largest absolute Gasteiger partial charge is 0.469 e. The van der Waals surface area contributed by atoms with E-state index in [-0.39, 0.29) is 41.6 Å². The molecule has 1 aromatic heterocycles. The first-order valence-electron chi connectivity index (χ1n) is 15.6. The third-order valence-electron chi connectivity index (χ3n) is 8.18. The average Bonchev–Trinajstić information content (AvgIpc) is 3.06. The molecule has 15 heteroatoms. The van der Waals surface area contributed by atoms with Gasteiger partial charge in [-0.25, -0.2) is 9.18 Å². The third kappa shape index (κ3) is 10.0. The Labute approximate surface area is 284 Å².